The highest BCUT2D eigenvalue weighted by atomic mass is 79.9. The van der Waals surface area contributed by atoms with Crippen molar-refractivity contribution in [3.05, 3.63) is 59.1 Å². The lowest BCUT2D eigenvalue weighted by Crippen LogP contribution is -1.69. The number of furan rings is 1. The van der Waals surface area contributed by atoms with Crippen molar-refractivity contribution >= 4 is 26.9 Å². The van der Waals surface area contributed by atoms with Gasteiger partial charge in [-0.05, 0) is 18.2 Å². The largest absolute Gasteiger partial charge is 0.456 e. The van der Waals surface area contributed by atoms with Crippen LogP contribution in [-0.4, -0.2) is 0 Å². The molecule has 0 aliphatic carbocycles. The van der Waals surface area contributed by atoms with Crippen LogP contribution in [0.25, 0.3) is 22.3 Å². The van der Waals surface area contributed by atoms with E-state index in [1.165, 1.54) is 0 Å². The van der Waals surface area contributed by atoms with Crippen LogP contribution < -0.4 is 0 Å². The number of benzene rings is 2. The van der Waals surface area contributed by atoms with Crippen molar-refractivity contribution in [2.75, 3.05) is 0 Å². The fraction of sp³-hybridized carbons (Fsp3) is 0. The Bertz CT molecular complexity index is 626. The van der Waals surface area contributed by atoms with Gasteiger partial charge in [0.25, 0.3) is 0 Å². The molecular formula is C14H9BrO. The van der Waals surface area contributed by atoms with Gasteiger partial charge in [0.15, 0.2) is 0 Å². The third-order valence-electron chi connectivity index (χ3n) is 2.57. The molecule has 0 amide bonds. The first-order valence-electron chi connectivity index (χ1n) is 5.08. The molecule has 0 bridgehead atoms. The molecule has 78 valence electrons. The Morgan fingerprint density at radius 1 is 0.875 bits per heavy atom. The molecule has 16 heavy (non-hydrogen) atoms. The maximum Gasteiger partial charge on any atom is 0.135 e. The zero-order chi connectivity index (χ0) is 11.0. The van der Waals surface area contributed by atoms with Gasteiger partial charge in [-0.15, -0.1) is 0 Å². The molecule has 0 atom stereocenters. The van der Waals surface area contributed by atoms with E-state index in [9.17, 15) is 0 Å². The Morgan fingerprint density at radius 2 is 1.69 bits per heavy atom. The zero-order valence-corrected chi connectivity index (χ0v) is 10.1. The molecule has 2 heteroatoms. The Labute approximate surface area is 102 Å². The van der Waals surface area contributed by atoms with E-state index in [0.717, 1.165) is 26.8 Å². The Hall–Kier alpha value is -1.54. The Balaban J connectivity index is 2.23. The highest BCUT2D eigenvalue weighted by Crippen LogP contribution is 2.31. The van der Waals surface area contributed by atoms with Crippen molar-refractivity contribution in [3.8, 4) is 11.3 Å². The minimum atomic E-state index is 0.905. The molecule has 0 radical (unpaired) electrons. The lowest BCUT2D eigenvalue weighted by Gasteiger charge is -1.93. The van der Waals surface area contributed by atoms with Crippen LogP contribution in [0.5, 0.6) is 0 Å². The van der Waals surface area contributed by atoms with Crippen LogP contribution in [0, 0.1) is 0 Å². The third-order valence-corrected chi connectivity index (χ3v) is 3.26. The predicted molar refractivity (Wildman–Crippen MR) is 69.4 cm³/mol. The van der Waals surface area contributed by atoms with Crippen molar-refractivity contribution in [2.45, 2.75) is 0 Å². The first-order valence-corrected chi connectivity index (χ1v) is 5.87. The van der Waals surface area contributed by atoms with Crippen LogP contribution >= 0.6 is 15.9 Å². The van der Waals surface area contributed by atoms with E-state index in [1.54, 1.807) is 0 Å². The van der Waals surface area contributed by atoms with E-state index in [0.29, 0.717) is 0 Å². The van der Waals surface area contributed by atoms with Crippen molar-refractivity contribution in [1.29, 1.82) is 0 Å². The normalized spacial score (nSPS) is 10.8. The van der Waals surface area contributed by atoms with E-state index in [2.05, 4.69) is 22.0 Å². The van der Waals surface area contributed by atoms with Crippen molar-refractivity contribution in [3.63, 3.8) is 0 Å². The van der Waals surface area contributed by atoms with Gasteiger partial charge in [0.2, 0.25) is 0 Å². The first kappa shape index (κ1) is 9.67. The molecule has 3 aromatic rings. The molecule has 0 aliphatic heterocycles. The first-order chi connectivity index (χ1) is 7.84. The highest BCUT2D eigenvalue weighted by Gasteiger charge is 2.07. The number of hydrogen-bond acceptors (Lipinski definition) is 1. The van der Waals surface area contributed by atoms with Crippen molar-refractivity contribution in [2.24, 2.45) is 0 Å². The van der Waals surface area contributed by atoms with Crippen LogP contribution in [0.3, 0.4) is 0 Å². The minimum Gasteiger partial charge on any atom is -0.456 e. The molecule has 2 aromatic carbocycles. The second kappa shape index (κ2) is 3.80. The zero-order valence-electron chi connectivity index (χ0n) is 8.48. The fourth-order valence-electron chi connectivity index (χ4n) is 1.77. The second-order valence-corrected chi connectivity index (χ2v) is 4.48. The monoisotopic (exact) mass is 272 g/mol. The average Bonchev–Trinajstić information content (AvgIpc) is 2.76. The van der Waals surface area contributed by atoms with Crippen molar-refractivity contribution in [1.82, 2.24) is 0 Å². The molecular weight excluding hydrogens is 264 g/mol. The summed E-state index contributed by atoms with van der Waals surface area (Å²) in [5, 5.41) is 1.11. The molecule has 0 unspecified atom stereocenters. The maximum absolute atomic E-state index is 5.80. The summed E-state index contributed by atoms with van der Waals surface area (Å²) in [5.74, 6) is 0.905. The van der Waals surface area contributed by atoms with Gasteiger partial charge in [0.05, 0.1) is 0 Å². The summed E-state index contributed by atoms with van der Waals surface area (Å²) in [5.41, 5.74) is 2.01. The second-order valence-electron chi connectivity index (χ2n) is 3.63. The predicted octanol–water partition coefficient (Wildman–Crippen LogP) is 4.86. The fourth-order valence-corrected chi connectivity index (χ4v) is 2.23. The number of fused-ring (bicyclic) bond motifs is 1. The third kappa shape index (κ3) is 1.55. The Kier molecular flexibility index (Phi) is 2.29. The van der Waals surface area contributed by atoms with E-state index in [4.69, 9.17) is 4.42 Å². The molecule has 0 fully saturated rings. The summed E-state index contributed by atoms with van der Waals surface area (Å²) in [7, 11) is 0. The van der Waals surface area contributed by atoms with Gasteiger partial charge in [-0.2, -0.15) is 0 Å². The molecule has 1 aromatic heterocycles. The standard InChI is InChI=1S/C14H9BrO/c15-12-7-4-8-13-11(12)9-14(16-13)10-5-2-1-3-6-10/h1-9H. The SMILES string of the molecule is Brc1cccc2oc(-c3ccccc3)cc12. The molecule has 1 heterocycles. The summed E-state index contributed by atoms with van der Waals surface area (Å²) in [6.45, 7) is 0. The van der Waals surface area contributed by atoms with Gasteiger partial charge in [-0.3, -0.25) is 0 Å². The summed E-state index contributed by atoms with van der Waals surface area (Å²) in [6, 6.07) is 18.2. The van der Waals surface area contributed by atoms with Crippen LogP contribution in [0.15, 0.2) is 63.5 Å². The number of hydrogen-bond donors (Lipinski definition) is 0. The molecule has 0 spiro atoms. The smallest absolute Gasteiger partial charge is 0.135 e. The number of halogens is 1. The molecule has 0 saturated heterocycles. The topological polar surface area (TPSA) is 13.1 Å². The summed E-state index contributed by atoms with van der Waals surface area (Å²) in [4.78, 5) is 0. The highest BCUT2D eigenvalue weighted by molar-refractivity contribution is 9.10. The van der Waals surface area contributed by atoms with Gasteiger partial charge in [0.1, 0.15) is 11.3 Å². The van der Waals surface area contributed by atoms with E-state index < -0.39 is 0 Å². The van der Waals surface area contributed by atoms with E-state index >= 15 is 0 Å². The summed E-state index contributed by atoms with van der Waals surface area (Å²) >= 11 is 3.52. The van der Waals surface area contributed by atoms with Gasteiger partial charge in [-0.1, -0.05) is 52.3 Å². The maximum atomic E-state index is 5.80. The van der Waals surface area contributed by atoms with Crippen LogP contribution in [-0.2, 0) is 0 Å². The van der Waals surface area contributed by atoms with Gasteiger partial charge in [0, 0.05) is 15.4 Å². The van der Waals surface area contributed by atoms with Crippen LogP contribution in [0.4, 0.5) is 0 Å². The average molecular weight is 273 g/mol. The molecule has 3 rings (SSSR count). The lowest BCUT2D eigenvalue weighted by molar-refractivity contribution is 0.631. The molecule has 0 aliphatic rings. The van der Waals surface area contributed by atoms with Crippen molar-refractivity contribution < 1.29 is 4.42 Å². The van der Waals surface area contributed by atoms with E-state index in [-0.39, 0.29) is 0 Å². The Morgan fingerprint density at radius 3 is 2.44 bits per heavy atom. The van der Waals surface area contributed by atoms with Gasteiger partial charge >= 0.3 is 0 Å². The molecule has 0 N–H and O–H groups in total. The quantitative estimate of drug-likeness (QED) is 0.617. The van der Waals surface area contributed by atoms with Crippen LogP contribution in [0.2, 0.25) is 0 Å². The summed E-state index contributed by atoms with van der Waals surface area (Å²) in [6.07, 6.45) is 0. The van der Waals surface area contributed by atoms with Crippen LogP contribution in [0.1, 0.15) is 0 Å². The summed E-state index contributed by atoms with van der Waals surface area (Å²) < 4.78 is 6.87. The van der Waals surface area contributed by atoms with Gasteiger partial charge in [-0.25, -0.2) is 0 Å². The minimum absolute atomic E-state index is 0.905. The number of rotatable bonds is 1. The molecule has 0 saturated carbocycles. The lowest BCUT2D eigenvalue weighted by atomic mass is 10.1. The molecule has 1 nitrogen and oxygen atoms in total. The van der Waals surface area contributed by atoms with E-state index in [1.807, 2.05) is 48.5 Å². The van der Waals surface area contributed by atoms with Gasteiger partial charge < -0.3 is 4.42 Å².